The predicted molar refractivity (Wildman–Crippen MR) is 64.4 cm³/mol. The van der Waals surface area contributed by atoms with Gasteiger partial charge in [-0.3, -0.25) is 0 Å². The first-order valence-corrected chi connectivity index (χ1v) is 6.01. The van der Waals surface area contributed by atoms with E-state index in [-0.39, 0.29) is 5.38 Å². The number of rotatable bonds is 2. The van der Waals surface area contributed by atoms with Gasteiger partial charge in [0, 0.05) is 17.5 Å². The molecule has 0 aliphatic heterocycles. The van der Waals surface area contributed by atoms with Gasteiger partial charge in [0.2, 0.25) is 0 Å². The van der Waals surface area contributed by atoms with Crippen LogP contribution in [-0.2, 0) is 0 Å². The van der Waals surface area contributed by atoms with Crippen molar-refractivity contribution in [3.63, 3.8) is 0 Å². The van der Waals surface area contributed by atoms with Crippen LogP contribution in [0.25, 0.3) is 10.7 Å². The summed E-state index contributed by atoms with van der Waals surface area (Å²) in [6.07, 6.45) is 1.81. The first-order chi connectivity index (χ1) is 7.18. The van der Waals surface area contributed by atoms with Crippen LogP contribution in [0.5, 0.6) is 0 Å². The number of alkyl halides is 1. The van der Waals surface area contributed by atoms with Gasteiger partial charge < -0.3 is 0 Å². The van der Waals surface area contributed by atoms with E-state index in [1.54, 1.807) is 11.3 Å². The van der Waals surface area contributed by atoms with Crippen LogP contribution in [-0.4, -0.2) is 9.97 Å². The largest absolute Gasteiger partial charge is 0.236 e. The van der Waals surface area contributed by atoms with Gasteiger partial charge in [0.25, 0.3) is 0 Å². The van der Waals surface area contributed by atoms with Crippen molar-refractivity contribution in [1.82, 2.24) is 9.97 Å². The van der Waals surface area contributed by atoms with Crippen molar-refractivity contribution < 1.29 is 0 Å². The molecular weight excluding hydrogens is 228 g/mol. The average molecular weight is 239 g/mol. The highest BCUT2D eigenvalue weighted by atomic mass is 35.5. The smallest absolute Gasteiger partial charge is 0.169 e. The van der Waals surface area contributed by atoms with Crippen molar-refractivity contribution in [2.75, 3.05) is 0 Å². The molecule has 2 aromatic heterocycles. The Morgan fingerprint density at radius 2 is 2.27 bits per heavy atom. The summed E-state index contributed by atoms with van der Waals surface area (Å²) in [6, 6.07) is 4.01. The lowest BCUT2D eigenvalue weighted by Crippen LogP contribution is -1.97. The maximum Gasteiger partial charge on any atom is 0.169 e. The molecular formula is C11H11ClN2S. The molecule has 2 heterocycles. The summed E-state index contributed by atoms with van der Waals surface area (Å²) in [7, 11) is 0. The van der Waals surface area contributed by atoms with E-state index in [9.17, 15) is 0 Å². The minimum Gasteiger partial charge on any atom is -0.236 e. The third-order valence-corrected chi connectivity index (χ3v) is 3.29. The van der Waals surface area contributed by atoms with E-state index in [0.717, 1.165) is 22.0 Å². The number of thiophene rings is 1. The highest BCUT2D eigenvalue weighted by Crippen LogP contribution is 2.25. The van der Waals surface area contributed by atoms with E-state index in [1.807, 2.05) is 37.6 Å². The molecule has 78 valence electrons. The summed E-state index contributed by atoms with van der Waals surface area (Å²) in [6.45, 7) is 3.89. The molecule has 0 spiro atoms. The van der Waals surface area contributed by atoms with Gasteiger partial charge in [-0.25, -0.2) is 9.97 Å². The lowest BCUT2D eigenvalue weighted by atomic mass is 10.2. The molecule has 0 aliphatic carbocycles. The highest BCUT2D eigenvalue weighted by Gasteiger charge is 2.09. The monoisotopic (exact) mass is 238 g/mol. The molecule has 0 radical (unpaired) electrons. The third-order valence-electron chi connectivity index (χ3n) is 2.19. The Morgan fingerprint density at radius 1 is 1.47 bits per heavy atom. The number of hydrogen-bond acceptors (Lipinski definition) is 3. The lowest BCUT2D eigenvalue weighted by Gasteiger charge is -2.07. The fourth-order valence-electron chi connectivity index (χ4n) is 1.39. The summed E-state index contributed by atoms with van der Waals surface area (Å²) in [4.78, 5) is 9.86. The Labute approximate surface area is 98.0 Å². The van der Waals surface area contributed by atoms with Crippen LogP contribution in [0.4, 0.5) is 0 Å². The molecule has 0 fully saturated rings. The van der Waals surface area contributed by atoms with Gasteiger partial charge in [0.05, 0.1) is 10.3 Å². The summed E-state index contributed by atoms with van der Waals surface area (Å²) in [5, 5.41) is 1.98. The van der Waals surface area contributed by atoms with Crippen LogP contribution >= 0.6 is 22.9 Å². The van der Waals surface area contributed by atoms with Gasteiger partial charge in [-0.05, 0) is 25.3 Å². The molecule has 15 heavy (non-hydrogen) atoms. The summed E-state index contributed by atoms with van der Waals surface area (Å²) in [5.41, 5.74) is 1.95. The Balaban J connectivity index is 2.42. The fourth-order valence-corrected chi connectivity index (χ4v) is 2.27. The fraction of sp³-hybridized carbons (Fsp3) is 0.273. The average Bonchev–Trinajstić information content (AvgIpc) is 2.69. The third kappa shape index (κ3) is 2.19. The number of nitrogens with zero attached hydrogens (tertiary/aromatic N) is 2. The maximum absolute atomic E-state index is 6.01. The number of aryl methyl sites for hydroxylation is 1. The van der Waals surface area contributed by atoms with Crippen molar-refractivity contribution in [2.45, 2.75) is 19.2 Å². The van der Waals surface area contributed by atoms with Crippen molar-refractivity contribution >= 4 is 22.9 Å². The minimum atomic E-state index is -0.0395. The molecule has 1 unspecified atom stereocenters. The molecule has 0 aliphatic rings. The summed E-state index contributed by atoms with van der Waals surface area (Å²) >= 11 is 7.65. The topological polar surface area (TPSA) is 25.8 Å². The minimum absolute atomic E-state index is 0.0395. The van der Waals surface area contributed by atoms with Gasteiger partial charge in [0.15, 0.2) is 5.82 Å². The van der Waals surface area contributed by atoms with Crippen molar-refractivity contribution in [3.8, 4) is 10.7 Å². The first kappa shape index (κ1) is 10.6. The number of aromatic nitrogens is 2. The molecule has 1 atom stereocenters. The van der Waals surface area contributed by atoms with Crippen LogP contribution < -0.4 is 0 Å². The van der Waals surface area contributed by atoms with E-state index < -0.39 is 0 Å². The predicted octanol–water partition coefficient (Wildman–Crippen LogP) is 3.81. The van der Waals surface area contributed by atoms with Crippen molar-refractivity contribution in [3.05, 3.63) is 35.0 Å². The van der Waals surface area contributed by atoms with Crippen molar-refractivity contribution in [1.29, 1.82) is 0 Å². The zero-order valence-electron chi connectivity index (χ0n) is 8.57. The van der Waals surface area contributed by atoms with Gasteiger partial charge in [-0.2, -0.15) is 0 Å². The second-order valence-corrected chi connectivity index (χ2v) is 4.93. The normalized spacial score (nSPS) is 12.7. The Morgan fingerprint density at radius 3 is 2.80 bits per heavy atom. The highest BCUT2D eigenvalue weighted by molar-refractivity contribution is 7.13. The van der Waals surface area contributed by atoms with Gasteiger partial charge in [-0.15, -0.1) is 22.9 Å². The molecule has 2 nitrogen and oxygen atoms in total. The first-order valence-electron chi connectivity index (χ1n) is 4.70. The van der Waals surface area contributed by atoms with Crippen LogP contribution in [0.1, 0.15) is 23.6 Å². The molecule has 4 heteroatoms. The summed E-state index contributed by atoms with van der Waals surface area (Å²) in [5.74, 6) is 0.781. The molecule has 0 saturated carbocycles. The molecule has 0 aromatic carbocycles. The standard InChI is InChI=1S/C11H11ClN2S/c1-7(12)9-6-13-11(14-8(9)2)10-4-3-5-15-10/h3-7H,1-2H3. The number of hydrogen-bond donors (Lipinski definition) is 0. The molecule has 0 amide bonds. The zero-order chi connectivity index (χ0) is 10.8. The zero-order valence-corrected chi connectivity index (χ0v) is 10.1. The Hall–Kier alpha value is -0.930. The molecule has 2 aromatic rings. The van der Waals surface area contributed by atoms with Crippen LogP contribution in [0.2, 0.25) is 0 Å². The molecule has 0 saturated heterocycles. The van der Waals surface area contributed by atoms with Crippen LogP contribution in [0.15, 0.2) is 23.7 Å². The number of halogens is 1. The van der Waals surface area contributed by atoms with Crippen LogP contribution in [0, 0.1) is 6.92 Å². The van der Waals surface area contributed by atoms with E-state index in [2.05, 4.69) is 9.97 Å². The van der Waals surface area contributed by atoms with Gasteiger partial charge >= 0.3 is 0 Å². The van der Waals surface area contributed by atoms with Gasteiger partial charge in [0.1, 0.15) is 0 Å². The van der Waals surface area contributed by atoms with E-state index >= 15 is 0 Å². The molecule has 0 bridgehead atoms. The van der Waals surface area contributed by atoms with Crippen LogP contribution in [0.3, 0.4) is 0 Å². The quantitative estimate of drug-likeness (QED) is 0.744. The molecule has 0 N–H and O–H groups in total. The summed E-state index contributed by atoms with van der Waals surface area (Å²) < 4.78 is 0. The van der Waals surface area contributed by atoms with E-state index in [0.29, 0.717) is 0 Å². The Bertz CT molecular complexity index is 452. The second-order valence-electron chi connectivity index (χ2n) is 3.33. The second kappa shape index (κ2) is 4.29. The molecule has 2 rings (SSSR count). The Kier molecular flexibility index (Phi) is 3.03. The van der Waals surface area contributed by atoms with Gasteiger partial charge in [-0.1, -0.05) is 6.07 Å². The lowest BCUT2D eigenvalue weighted by molar-refractivity contribution is 0.978. The van der Waals surface area contributed by atoms with Crippen molar-refractivity contribution in [2.24, 2.45) is 0 Å². The van der Waals surface area contributed by atoms with E-state index in [4.69, 9.17) is 11.6 Å². The van der Waals surface area contributed by atoms with E-state index in [1.165, 1.54) is 0 Å². The SMILES string of the molecule is Cc1nc(-c2cccs2)ncc1C(C)Cl. The maximum atomic E-state index is 6.01.